The first-order valence-corrected chi connectivity index (χ1v) is 5.67. The molecular formula is C11H13F4N3O. The summed E-state index contributed by atoms with van der Waals surface area (Å²) in [7, 11) is 1.38. The number of halogens is 4. The SMILES string of the molecule is COCC1(F)CCN(c2nccc(C(F)(F)F)n2)C1. The van der Waals surface area contributed by atoms with Crippen LogP contribution in [0.1, 0.15) is 12.1 Å². The number of anilines is 1. The summed E-state index contributed by atoms with van der Waals surface area (Å²) in [5.41, 5.74) is -2.59. The Balaban J connectivity index is 2.16. The van der Waals surface area contributed by atoms with E-state index in [9.17, 15) is 17.6 Å². The maximum atomic E-state index is 14.1. The molecule has 0 spiro atoms. The molecule has 0 aromatic carbocycles. The van der Waals surface area contributed by atoms with E-state index in [0.29, 0.717) is 0 Å². The number of rotatable bonds is 3. The largest absolute Gasteiger partial charge is 0.433 e. The van der Waals surface area contributed by atoms with E-state index >= 15 is 0 Å². The highest BCUT2D eigenvalue weighted by Crippen LogP contribution is 2.31. The van der Waals surface area contributed by atoms with E-state index in [1.807, 2.05) is 0 Å². The van der Waals surface area contributed by atoms with Gasteiger partial charge in [-0.05, 0) is 6.07 Å². The normalized spacial score (nSPS) is 23.9. The van der Waals surface area contributed by atoms with Gasteiger partial charge < -0.3 is 9.64 Å². The molecule has 1 aliphatic heterocycles. The number of methoxy groups -OCH3 is 1. The third-order valence-corrected chi connectivity index (χ3v) is 2.92. The van der Waals surface area contributed by atoms with Gasteiger partial charge in [0.05, 0.1) is 13.2 Å². The van der Waals surface area contributed by atoms with Crippen molar-refractivity contribution in [2.75, 3.05) is 31.7 Å². The maximum absolute atomic E-state index is 14.1. The summed E-state index contributed by atoms with van der Waals surface area (Å²) in [6.45, 7) is 0.103. The second-order valence-corrected chi connectivity index (χ2v) is 4.50. The molecule has 1 saturated heterocycles. The molecule has 8 heteroatoms. The second-order valence-electron chi connectivity index (χ2n) is 4.50. The minimum absolute atomic E-state index is 0.0673. The van der Waals surface area contributed by atoms with Gasteiger partial charge in [-0.2, -0.15) is 13.2 Å². The summed E-state index contributed by atoms with van der Waals surface area (Å²) in [6, 6.07) is 0.789. The van der Waals surface area contributed by atoms with Gasteiger partial charge in [0.15, 0.2) is 5.67 Å². The van der Waals surface area contributed by atoms with Crippen LogP contribution in [0.5, 0.6) is 0 Å². The number of aromatic nitrogens is 2. The van der Waals surface area contributed by atoms with Crippen LogP contribution in [0.25, 0.3) is 0 Å². The molecule has 1 fully saturated rings. The summed E-state index contributed by atoms with van der Waals surface area (Å²) >= 11 is 0. The molecular weight excluding hydrogens is 266 g/mol. The van der Waals surface area contributed by atoms with Gasteiger partial charge in [0, 0.05) is 26.3 Å². The van der Waals surface area contributed by atoms with E-state index in [2.05, 4.69) is 9.97 Å². The van der Waals surface area contributed by atoms with Crippen LogP contribution in [0.15, 0.2) is 12.3 Å². The molecule has 0 N–H and O–H groups in total. The molecule has 1 aliphatic rings. The summed E-state index contributed by atoms with van der Waals surface area (Å²) in [5, 5.41) is 0. The Morgan fingerprint density at radius 2 is 2.21 bits per heavy atom. The summed E-state index contributed by atoms with van der Waals surface area (Å²) in [4.78, 5) is 8.60. The molecule has 19 heavy (non-hydrogen) atoms. The van der Waals surface area contributed by atoms with Crippen LogP contribution in [0, 0.1) is 0 Å². The van der Waals surface area contributed by atoms with Crippen LogP contribution in [-0.2, 0) is 10.9 Å². The maximum Gasteiger partial charge on any atom is 0.433 e. The molecule has 1 atom stereocenters. The molecule has 2 rings (SSSR count). The van der Waals surface area contributed by atoms with Crippen LogP contribution < -0.4 is 4.90 Å². The fraction of sp³-hybridized carbons (Fsp3) is 0.636. The first kappa shape index (κ1) is 14.0. The van der Waals surface area contributed by atoms with E-state index in [4.69, 9.17) is 4.74 Å². The zero-order valence-corrected chi connectivity index (χ0v) is 10.2. The smallest absolute Gasteiger partial charge is 0.381 e. The van der Waals surface area contributed by atoms with Crippen LogP contribution in [0.4, 0.5) is 23.5 Å². The number of hydrogen-bond acceptors (Lipinski definition) is 4. The molecule has 1 aromatic rings. The van der Waals surface area contributed by atoms with Gasteiger partial charge in [-0.25, -0.2) is 14.4 Å². The molecule has 1 unspecified atom stereocenters. The second kappa shape index (κ2) is 4.92. The summed E-state index contributed by atoms with van der Waals surface area (Å²) < 4.78 is 56.5. The van der Waals surface area contributed by atoms with Crippen molar-refractivity contribution in [3.63, 3.8) is 0 Å². The van der Waals surface area contributed by atoms with Crippen molar-refractivity contribution in [1.82, 2.24) is 9.97 Å². The van der Waals surface area contributed by atoms with E-state index in [1.54, 1.807) is 0 Å². The third-order valence-electron chi connectivity index (χ3n) is 2.92. The predicted octanol–water partition coefficient (Wildman–Crippen LogP) is 2.06. The lowest BCUT2D eigenvalue weighted by Gasteiger charge is -2.20. The molecule has 2 heterocycles. The molecule has 0 saturated carbocycles. The zero-order chi connectivity index (χ0) is 14.1. The number of alkyl halides is 4. The number of ether oxygens (including phenoxy) is 1. The highest BCUT2D eigenvalue weighted by molar-refractivity contribution is 5.34. The van der Waals surface area contributed by atoms with Crippen LogP contribution in [-0.4, -0.2) is 42.4 Å². The van der Waals surface area contributed by atoms with Crippen LogP contribution in [0.2, 0.25) is 0 Å². The van der Waals surface area contributed by atoms with Crippen molar-refractivity contribution in [1.29, 1.82) is 0 Å². The van der Waals surface area contributed by atoms with E-state index in [-0.39, 0.29) is 32.1 Å². The Bertz CT molecular complexity index is 454. The molecule has 0 amide bonds. The highest BCUT2D eigenvalue weighted by Gasteiger charge is 2.40. The Morgan fingerprint density at radius 1 is 1.47 bits per heavy atom. The van der Waals surface area contributed by atoms with Gasteiger partial charge in [0.1, 0.15) is 5.69 Å². The number of nitrogens with zero attached hydrogens (tertiary/aromatic N) is 3. The minimum Gasteiger partial charge on any atom is -0.381 e. The first-order chi connectivity index (χ1) is 8.84. The summed E-state index contributed by atoms with van der Waals surface area (Å²) in [5.74, 6) is -0.106. The quantitative estimate of drug-likeness (QED) is 0.794. The standard InChI is InChI=1S/C11H13F4N3O/c1-19-7-10(12)3-5-18(6-10)9-16-4-2-8(17-9)11(13,14)15/h2,4H,3,5-7H2,1H3. The highest BCUT2D eigenvalue weighted by atomic mass is 19.4. The molecule has 0 radical (unpaired) electrons. The third kappa shape index (κ3) is 3.12. The molecule has 4 nitrogen and oxygen atoms in total. The van der Waals surface area contributed by atoms with Crippen molar-refractivity contribution < 1.29 is 22.3 Å². The fourth-order valence-corrected chi connectivity index (χ4v) is 2.04. The van der Waals surface area contributed by atoms with Crippen molar-refractivity contribution >= 4 is 5.95 Å². The van der Waals surface area contributed by atoms with E-state index < -0.39 is 17.5 Å². The van der Waals surface area contributed by atoms with Crippen LogP contribution in [0.3, 0.4) is 0 Å². The van der Waals surface area contributed by atoms with Gasteiger partial charge >= 0.3 is 6.18 Å². The van der Waals surface area contributed by atoms with Crippen molar-refractivity contribution in [2.45, 2.75) is 18.3 Å². The predicted molar refractivity (Wildman–Crippen MR) is 59.6 cm³/mol. The average molecular weight is 279 g/mol. The summed E-state index contributed by atoms with van der Waals surface area (Å²) in [6.07, 6.45) is -3.32. The zero-order valence-electron chi connectivity index (χ0n) is 10.2. The topological polar surface area (TPSA) is 38.2 Å². The number of hydrogen-bond donors (Lipinski definition) is 0. The lowest BCUT2D eigenvalue weighted by atomic mass is 10.1. The van der Waals surface area contributed by atoms with Crippen LogP contribution >= 0.6 is 0 Å². The van der Waals surface area contributed by atoms with Crippen molar-refractivity contribution in [3.05, 3.63) is 18.0 Å². The van der Waals surface area contributed by atoms with Crippen molar-refractivity contribution in [3.8, 4) is 0 Å². The van der Waals surface area contributed by atoms with Gasteiger partial charge in [0.2, 0.25) is 5.95 Å². The Labute approximate surface area is 107 Å². The van der Waals surface area contributed by atoms with Gasteiger partial charge in [-0.3, -0.25) is 0 Å². The van der Waals surface area contributed by atoms with Gasteiger partial charge in [-0.15, -0.1) is 0 Å². The molecule has 0 aliphatic carbocycles. The monoisotopic (exact) mass is 279 g/mol. The van der Waals surface area contributed by atoms with E-state index in [1.165, 1.54) is 12.0 Å². The Hall–Kier alpha value is -1.44. The minimum atomic E-state index is -4.53. The van der Waals surface area contributed by atoms with Gasteiger partial charge in [0.25, 0.3) is 0 Å². The molecule has 0 bridgehead atoms. The lowest BCUT2D eigenvalue weighted by Crippen LogP contribution is -2.34. The Morgan fingerprint density at radius 3 is 2.84 bits per heavy atom. The fourth-order valence-electron chi connectivity index (χ4n) is 2.04. The molecule has 106 valence electrons. The first-order valence-electron chi connectivity index (χ1n) is 5.67. The lowest BCUT2D eigenvalue weighted by molar-refractivity contribution is -0.141. The van der Waals surface area contributed by atoms with Crippen molar-refractivity contribution in [2.24, 2.45) is 0 Å². The van der Waals surface area contributed by atoms with Gasteiger partial charge in [-0.1, -0.05) is 0 Å². The van der Waals surface area contributed by atoms with E-state index in [0.717, 1.165) is 12.3 Å². The average Bonchev–Trinajstić information content (AvgIpc) is 2.71. The molecule has 1 aromatic heterocycles. The Kier molecular flexibility index (Phi) is 3.62.